The summed E-state index contributed by atoms with van der Waals surface area (Å²) in [6, 6.07) is 6.22. The van der Waals surface area contributed by atoms with Crippen LogP contribution in [0, 0.1) is 0 Å². The zero-order valence-corrected chi connectivity index (χ0v) is 11.7. The minimum atomic E-state index is -4.28. The van der Waals surface area contributed by atoms with Crippen LogP contribution in [-0.4, -0.2) is 31.1 Å². The lowest BCUT2D eigenvalue weighted by Crippen LogP contribution is -2.32. The molecule has 1 saturated heterocycles. The van der Waals surface area contributed by atoms with Gasteiger partial charge in [-0.2, -0.15) is 13.2 Å². The Morgan fingerprint density at radius 1 is 1.20 bits per heavy atom. The highest BCUT2D eigenvalue weighted by molar-refractivity contribution is 5.29. The van der Waals surface area contributed by atoms with Gasteiger partial charge in [0.2, 0.25) is 0 Å². The average molecular weight is 286 g/mol. The first-order valence-corrected chi connectivity index (χ1v) is 7.04. The molecule has 0 amide bonds. The van der Waals surface area contributed by atoms with Crippen molar-refractivity contribution in [3.63, 3.8) is 0 Å². The minimum absolute atomic E-state index is 0.348. The molecule has 0 radical (unpaired) electrons. The molecule has 0 aromatic heterocycles. The van der Waals surface area contributed by atoms with Gasteiger partial charge >= 0.3 is 6.18 Å². The highest BCUT2D eigenvalue weighted by Crippen LogP contribution is 2.32. The van der Waals surface area contributed by atoms with Gasteiger partial charge in [-0.05, 0) is 51.0 Å². The van der Waals surface area contributed by atoms with Crippen molar-refractivity contribution in [2.75, 3.05) is 20.1 Å². The van der Waals surface area contributed by atoms with Crippen molar-refractivity contribution in [1.82, 2.24) is 10.2 Å². The second-order valence-corrected chi connectivity index (χ2v) is 5.40. The highest BCUT2D eigenvalue weighted by atomic mass is 19.4. The summed E-state index contributed by atoms with van der Waals surface area (Å²) < 4.78 is 38.9. The van der Waals surface area contributed by atoms with Crippen LogP contribution in [0.5, 0.6) is 0 Å². The molecule has 5 heteroatoms. The molecule has 0 aliphatic carbocycles. The molecule has 20 heavy (non-hydrogen) atoms. The summed E-state index contributed by atoms with van der Waals surface area (Å²) >= 11 is 0. The number of nitrogens with zero attached hydrogens (tertiary/aromatic N) is 1. The number of alkyl halides is 3. The third-order valence-electron chi connectivity index (χ3n) is 3.91. The Bertz CT molecular complexity index is 423. The SMILES string of the molecule is CN(Cc1ccccc1C(F)(F)F)C1CCCNCC1. The average Bonchev–Trinajstić information content (AvgIpc) is 2.67. The summed E-state index contributed by atoms with van der Waals surface area (Å²) in [6.07, 6.45) is -1.17. The van der Waals surface area contributed by atoms with Crippen molar-refractivity contribution in [1.29, 1.82) is 0 Å². The van der Waals surface area contributed by atoms with Gasteiger partial charge in [0.25, 0.3) is 0 Å². The molecule has 112 valence electrons. The fourth-order valence-electron chi connectivity index (χ4n) is 2.77. The van der Waals surface area contributed by atoms with Crippen molar-refractivity contribution in [2.24, 2.45) is 0 Å². The van der Waals surface area contributed by atoms with Crippen LogP contribution in [0.1, 0.15) is 30.4 Å². The van der Waals surface area contributed by atoms with Crippen LogP contribution in [0.2, 0.25) is 0 Å². The van der Waals surface area contributed by atoms with Crippen LogP contribution in [0.15, 0.2) is 24.3 Å². The Balaban J connectivity index is 2.09. The van der Waals surface area contributed by atoms with Gasteiger partial charge in [0.1, 0.15) is 0 Å². The van der Waals surface area contributed by atoms with Crippen LogP contribution < -0.4 is 5.32 Å². The number of halogens is 3. The van der Waals surface area contributed by atoms with Crippen LogP contribution in [0.3, 0.4) is 0 Å². The molecule has 1 aliphatic rings. The highest BCUT2D eigenvalue weighted by Gasteiger charge is 2.33. The first-order chi connectivity index (χ1) is 9.48. The predicted molar refractivity (Wildman–Crippen MR) is 73.4 cm³/mol. The summed E-state index contributed by atoms with van der Waals surface area (Å²) in [6.45, 7) is 2.29. The third-order valence-corrected chi connectivity index (χ3v) is 3.91. The molecule has 2 nitrogen and oxygen atoms in total. The van der Waals surface area contributed by atoms with Gasteiger partial charge in [0.15, 0.2) is 0 Å². The quantitative estimate of drug-likeness (QED) is 0.917. The van der Waals surface area contributed by atoms with Gasteiger partial charge in [-0.1, -0.05) is 18.2 Å². The molecule has 1 aromatic carbocycles. The monoisotopic (exact) mass is 286 g/mol. The Morgan fingerprint density at radius 3 is 2.70 bits per heavy atom. The summed E-state index contributed by atoms with van der Waals surface area (Å²) in [4.78, 5) is 2.05. The first kappa shape index (κ1) is 15.3. The molecule has 2 rings (SSSR count). The standard InChI is InChI=1S/C15H21F3N2/c1-20(13-6-4-9-19-10-8-13)11-12-5-2-3-7-14(12)15(16,17)18/h2-3,5,7,13,19H,4,6,8-11H2,1H3. The van der Waals surface area contributed by atoms with E-state index in [9.17, 15) is 13.2 Å². The van der Waals surface area contributed by atoms with E-state index in [4.69, 9.17) is 0 Å². The molecular weight excluding hydrogens is 265 g/mol. The van der Waals surface area contributed by atoms with Crippen LogP contribution in [0.4, 0.5) is 13.2 Å². The van der Waals surface area contributed by atoms with Gasteiger partial charge in [0.05, 0.1) is 5.56 Å². The van der Waals surface area contributed by atoms with Crippen LogP contribution in [-0.2, 0) is 12.7 Å². The molecule has 0 bridgehead atoms. The molecular formula is C15H21F3N2. The molecule has 1 unspecified atom stereocenters. The second-order valence-electron chi connectivity index (χ2n) is 5.40. The second kappa shape index (κ2) is 6.59. The number of rotatable bonds is 3. The summed E-state index contributed by atoms with van der Waals surface area (Å²) in [5.41, 5.74) is -0.154. The van der Waals surface area contributed by atoms with Crippen LogP contribution >= 0.6 is 0 Å². The van der Waals surface area contributed by atoms with E-state index in [1.54, 1.807) is 12.1 Å². The van der Waals surface area contributed by atoms with Gasteiger partial charge in [-0.25, -0.2) is 0 Å². The first-order valence-electron chi connectivity index (χ1n) is 7.04. The van der Waals surface area contributed by atoms with Crippen molar-refractivity contribution >= 4 is 0 Å². The zero-order chi connectivity index (χ0) is 14.6. The fraction of sp³-hybridized carbons (Fsp3) is 0.600. The smallest absolute Gasteiger partial charge is 0.317 e. The molecule has 1 fully saturated rings. The van der Waals surface area contributed by atoms with E-state index >= 15 is 0 Å². The van der Waals surface area contributed by atoms with Gasteiger partial charge in [0, 0.05) is 12.6 Å². The maximum atomic E-state index is 13.0. The third kappa shape index (κ3) is 3.96. The summed E-state index contributed by atoms with van der Waals surface area (Å²) in [7, 11) is 1.92. The molecule has 0 saturated carbocycles. The molecule has 1 aliphatic heterocycles. The molecule has 1 N–H and O–H groups in total. The maximum Gasteiger partial charge on any atom is 0.416 e. The largest absolute Gasteiger partial charge is 0.416 e. The van der Waals surface area contributed by atoms with Gasteiger partial charge in [-0.15, -0.1) is 0 Å². The van der Waals surface area contributed by atoms with E-state index in [-0.39, 0.29) is 0 Å². The number of nitrogens with one attached hydrogen (secondary N) is 1. The Hall–Kier alpha value is -1.07. The van der Waals surface area contributed by atoms with E-state index in [1.807, 2.05) is 7.05 Å². The van der Waals surface area contributed by atoms with Crippen molar-refractivity contribution < 1.29 is 13.2 Å². The molecule has 1 atom stereocenters. The fourth-order valence-corrected chi connectivity index (χ4v) is 2.77. The lowest BCUT2D eigenvalue weighted by atomic mass is 10.0. The van der Waals surface area contributed by atoms with E-state index in [2.05, 4.69) is 10.2 Å². The molecule has 0 spiro atoms. The zero-order valence-electron chi connectivity index (χ0n) is 11.7. The Kier molecular flexibility index (Phi) is 5.05. The Morgan fingerprint density at radius 2 is 1.95 bits per heavy atom. The van der Waals surface area contributed by atoms with E-state index in [0.29, 0.717) is 18.2 Å². The van der Waals surface area contributed by atoms with E-state index in [0.717, 1.165) is 38.4 Å². The van der Waals surface area contributed by atoms with Crippen LogP contribution in [0.25, 0.3) is 0 Å². The topological polar surface area (TPSA) is 15.3 Å². The van der Waals surface area contributed by atoms with Gasteiger partial charge < -0.3 is 5.32 Å². The normalized spacial score (nSPS) is 20.9. The molecule has 1 aromatic rings. The summed E-state index contributed by atoms with van der Waals surface area (Å²) in [5.74, 6) is 0. The number of hydrogen-bond acceptors (Lipinski definition) is 2. The van der Waals surface area contributed by atoms with Crippen molar-refractivity contribution in [2.45, 2.75) is 38.0 Å². The molecule has 1 heterocycles. The lowest BCUT2D eigenvalue weighted by molar-refractivity contribution is -0.138. The van der Waals surface area contributed by atoms with Crippen molar-refractivity contribution in [3.8, 4) is 0 Å². The van der Waals surface area contributed by atoms with E-state index in [1.165, 1.54) is 6.07 Å². The maximum absolute atomic E-state index is 13.0. The summed E-state index contributed by atoms with van der Waals surface area (Å²) in [5, 5.41) is 3.32. The van der Waals surface area contributed by atoms with E-state index < -0.39 is 11.7 Å². The Labute approximate surface area is 118 Å². The predicted octanol–water partition coefficient (Wildman–Crippen LogP) is 3.28. The number of benzene rings is 1. The van der Waals surface area contributed by atoms with Gasteiger partial charge in [-0.3, -0.25) is 4.90 Å². The lowest BCUT2D eigenvalue weighted by Gasteiger charge is -2.28. The van der Waals surface area contributed by atoms with Crippen molar-refractivity contribution in [3.05, 3.63) is 35.4 Å². The number of hydrogen-bond donors (Lipinski definition) is 1. The minimum Gasteiger partial charge on any atom is -0.317 e.